The summed E-state index contributed by atoms with van der Waals surface area (Å²) in [6.07, 6.45) is 11.6. The van der Waals surface area contributed by atoms with Gasteiger partial charge in [0.15, 0.2) is 11.6 Å². The Labute approximate surface area is 466 Å². The minimum atomic E-state index is -0.650. The van der Waals surface area contributed by atoms with Crippen molar-refractivity contribution < 1.29 is 47.8 Å². The van der Waals surface area contributed by atoms with Crippen molar-refractivity contribution in [2.24, 2.45) is 35.5 Å². The lowest BCUT2D eigenvalue weighted by Gasteiger charge is -2.41. The van der Waals surface area contributed by atoms with Gasteiger partial charge < -0.3 is 24.6 Å². The van der Waals surface area contributed by atoms with E-state index in [0.29, 0.717) is 71.0 Å². The molecular weight excluding hydrogens is 987 g/mol. The lowest BCUT2D eigenvalue weighted by Crippen LogP contribution is -2.54. The zero-order valence-corrected chi connectivity index (χ0v) is 48.8. The van der Waals surface area contributed by atoms with Crippen LogP contribution in [0.3, 0.4) is 0 Å². The number of allylic oxidation sites excluding steroid dienone is 1. The summed E-state index contributed by atoms with van der Waals surface area (Å²) in [5.41, 5.74) is 2.22. The molecule has 0 aliphatic carbocycles. The van der Waals surface area contributed by atoms with E-state index >= 15 is 0 Å². The van der Waals surface area contributed by atoms with Crippen molar-refractivity contribution in [1.29, 1.82) is 0 Å². The van der Waals surface area contributed by atoms with Crippen molar-refractivity contribution in [3.63, 3.8) is 0 Å². The summed E-state index contributed by atoms with van der Waals surface area (Å²) < 4.78 is 12.3. The Morgan fingerprint density at radius 1 is 0.769 bits per heavy atom. The Balaban J connectivity index is 1.34. The number of ether oxygens (including phenoxy) is 2. The van der Waals surface area contributed by atoms with Crippen LogP contribution in [0.25, 0.3) is 6.08 Å². The van der Waals surface area contributed by atoms with Gasteiger partial charge in [-0.25, -0.2) is 0 Å². The molecule has 2 aromatic rings. The summed E-state index contributed by atoms with van der Waals surface area (Å²) in [6, 6.07) is 19.0. The number of Topliss-reactive ketones (excluding diaryl/α,β-unsaturated/α-hetero) is 3. The average Bonchev–Trinajstić information content (AvgIpc) is 4.03. The average molecular weight is 1080 g/mol. The van der Waals surface area contributed by atoms with Crippen LogP contribution in [-0.2, 0) is 54.3 Å². The maximum absolute atomic E-state index is 14.8. The van der Waals surface area contributed by atoms with E-state index in [4.69, 9.17) is 9.47 Å². The van der Waals surface area contributed by atoms with Gasteiger partial charge in [0.1, 0.15) is 5.78 Å². The normalized spacial score (nSPS) is 17.8. The second kappa shape index (κ2) is 33.1. The topological polar surface area (TPSA) is 180 Å². The van der Waals surface area contributed by atoms with Crippen LogP contribution in [0.15, 0.2) is 78.9 Å². The Kier molecular flexibility index (Phi) is 27.5. The largest absolute Gasteiger partial charge is 0.379 e. The van der Waals surface area contributed by atoms with Crippen LogP contribution in [0.1, 0.15) is 137 Å². The van der Waals surface area contributed by atoms with E-state index in [1.807, 2.05) is 100.0 Å². The molecule has 430 valence electrons. The number of nitrogens with zero attached hydrogens (tertiary/aromatic N) is 4. The number of unbranched alkanes of at least 4 members (excludes halogenated alkanes) is 2. The van der Waals surface area contributed by atoms with Gasteiger partial charge in [0.05, 0.1) is 43.3 Å². The van der Waals surface area contributed by atoms with E-state index in [0.717, 1.165) is 17.5 Å². The van der Waals surface area contributed by atoms with Crippen molar-refractivity contribution in [1.82, 2.24) is 24.9 Å². The fraction of sp³-hybridized carbons (Fsp3) is 0.619. The molecule has 0 spiro atoms. The highest BCUT2D eigenvalue weighted by molar-refractivity contribution is 6.12. The van der Waals surface area contributed by atoms with E-state index < -0.39 is 36.1 Å². The Bertz CT molecular complexity index is 2300. The molecule has 78 heavy (non-hydrogen) atoms. The van der Waals surface area contributed by atoms with Gasteiger partial charge >= 0.3 is 0 Å². The molecule has 4 rings (SSSR count). The molecule has 1 saturated heterocycles. The molecule has 2 aliphatic heterocycles. The zero-order valence-electron chi connectivity index (χ0n) is 48.8. The summed E-state index contributed by atoms with van der Waals surface area (Å²) in [5.74, 6) is -2.72. The van der Waals surface area contributed by atoms with Crippen LogP contribution in [-0.4, -0.2) is 151 Å². The van der Waals surface area contributed by atoms with Gasteiger partial charge in [-0.1, -0.05) is 134 Å². The van der Waals surface area contributed by atoms with Gasteiger partial charge in [-0.2, -0.15) is 0 Å². The molecule has 0 saturated carbocycles. The monoisotopic (exact) mass is 1080 g/mol. The molecule has 1 fully saturated rings. The summed E-state index contributed by atoms with van der Waals surface area (Å²) in [4.78, 5) is 113. The number of methoxy groups -OCH3 is 2. The van der Waals surface area contributed by atoms with Crippen LogP contribution in [0, 0.1) is 35.5 Å². The molecule has 0 aromatic heterocycles. The predicted molar refractivity (Wildman–Crippen MR) is 306 cm³/mol. The number of carbonyl (C=O) groups excluding carboxylic acids is 8. The number of imide groups is 1. The second-order valence-electron chi connectivity index (χ2n) is 22.6. The third kappa shape index (κ3) is 19.6. The minimum absolute atomic E-state index is 0.0231. The number of nitrogens with one attached hydrogen (secondary N) is 1. The summed E-state index contributed by atoms with van der Waals surface area (Å²) in [7, 11) is 6.83. The molecule has 2 heterocycles. The molecule has 2 aliphatic rings. The fourth-order valence-corrected chi connectivity index (χ4v) is 11.5. The lowest BCUT2D eigenvalue weighted by molar-refractivity contribution is -0.149. The lowest BCUT2D eigenvalue weighted by atomic mass is 9.83. The number of benzene rings is 2. The number of rotatable bonds is 36. The van der Waals surface area contributed by atoms with E-state index in [1.54, 1.807) is 26.2 Å². The van der Waals surface area contributed by atoms with E-state index in [1.165, 1.54) is 17.1 Å². The highest BCUT2D eigenvalue weighted by Gasteiger charge is 2.43. The first kappa shape index (κ1) is 64.9. The predicted octanol–water partition coefficient (Wildman–Crippen LogP) is 8.58. The van der Waals surface area contributed by atoms with Crippen LogP contribution in [0.4, 0.5) is 0 Å². The number of likely N-dealkylation sites (tertiary alicyclic amines) is 1. The molecule has 1 N–H and O–H groups in total. The number of likely N-dealkylation sites (N-methyl/N-ethyl adjacent to an activating group) is 2. The van der Waals surface area contributed by atoms with Crippen LogP contribution in [0.5, 0.6) is 0 Å². The highest BCUT2D eigenvalue weighted by atomic mass is 16.5. The van der Waals surface area contributed by atoms with Crippen LogP contribution >= 0.6 is 0 Å². The van der Waals surface area contributed by atoms with Gasteiger partial charge in [-0.05, 0) is 86.9 Å². The van der Waals surface area contributed by atoms with Gasteiger partial charge in [-0.3, -0.25) is 48.2 Å². The first-order valence-corrected chi connectivity index (χ1v) is 28.7. The van der Waals surface area contributed by atoms with Gasteiger partial charge in [0.25, 0.3) is 11.8 Å². The standard InChI is InChI=1S/C63H93N5O10/c1-12-45(6)61(55(77-10)41-59(75)67-37-23-29-52(67)62(78-11)46(7)53(70)39-49(38-48-26-18-14-19-27-48)32-31-47-24-16-13-17-25-47)66(9)63(76)51(43(2)3)40-54(71)60(44(4)5)65(8)35-22-28-50(69)42-64-56(72)30-20-15-21-36-68-57(73)33-34-58(68)74/h13-14,16-19,24-27,31-34,43-46,49,51-52,55,60-62H,12,15,20-23,28-30,35-42H2,1-11H3,(H,64,72)/b32-31+/t45-,46-,49+,51-,52-,55+,60-,61-,62+/m0/s1. The third-order valence-corrected chi connectivity index (χ3v) is 16.1. The van der Waals surface area contributed by atoms with Crippen molar-refractivity contribution in [2.45, 2.75) is 162 Å². The van der Waals surface area contributed by atoms with E-state index in [2.05, 4.69) is 43.4 Å². The van der Waals surface area contributed by atoms with Gasteiger partial charge in [-0.15, -0.1) is 0 Å². The van der Waals surface area contributed by atoms with Crippen molar-refractivity contribution in [2.75, 3.05) is 54.5 Å². The van der Waals surface area contributed by atoms with Crippen LogP contribution in [0.2, 0.25) is 0 Å². The first-order valence-electron chi connectivity index (χ1n) is 28.7. The molecule has 0 unspecified atom stereocenters. The number of ketones is 3. The molecular formula is C63H93N5O10. The summed E-state index contributed by atoms with van der Waals surface area (Å²) in [6.45, 7) is 15.1. The quantitative estimate of drug-likeness (QED) is 0.0510. The van der Waals surface area contributed by atoms with E-state index in [-0.39, 0.29) is 109 Å². The highest BCUT2D eigenvalue weighted by Crippen LogP contribution is 2.32. The fourth-order valence-electron chi connectivity index (χ4n) is 11.5. The van der Waals surface area contributed by atoms with Gasteiger partial charge in [0.2, 0.25) is 17.7 Å². The van der Waals surface area contributed by atoms with E-state index in [9.17, 15) is 38.4 Å². The first-order chi connectivity index (χ1) is 37.2. The SMILES string of the molecule is CC[C@H](C)[C@@H]([C@@H](CC(=O)N1CCC[C@H]1[C@H](OC)[C@@H](C)C(=O)C[C@H](/C=C/c1ccccc1)Cc1ccccc1)OC)N(C)C(=O)[C@@H](CC(=O)[C@H](C(C)C)N(C)CCCC(=O)CNC(=O)CCCCCN1C(=O)C=CC1=O)C(C)C. The number of hydrogen-bond acceptors (Lipinski definition) is 11. The number of carbonyl (C=O) groups is 8. The van der Waals surface area contributed by atoms with Crippen molar-refractivity contribution >= 4 is 53.0 Å². The molecule has 0 bridgehead atoms. The second-order valence-corrected chi connectivity index (χ2v) is 22.6. The van der Waals surface area contributed by atoms with Gasteiger partial charge in [0, 0.05) is 84.0 Å². The zero-order chi connectivity index (χ0) is 57.5. The van der Waals surface area contributed by atoms with Crippen molar-refractivity contribution in [3.8, 4) is 0 Å². The summed E-state index contributed by atoms with van der Waals surface area (Å²) in [5, 5.41) is 2.70. The molecule has 5 amide bonds. The minimum Gasteiger partial charge on any atom is -0.379 e. The molecule has 2 aromatic carbocycles. The maximum Gasteiger partial charge on any atom is 0.253 e. The Hall–Kier alpha value is -5.64. The van der Waals surface area contributed by atoms with Crippen LogP contribution < -0.4 is 5.32 Å². The van der Waals surface area contributed by atoms with Crippen molar-refractivity contribution in [3.05, 3.63) is 90.0 Å². The molecule has 0 radical (unpaired) electrons. The summed E-state index contributed by atoms with van der Waals surface area (Å²) >= 11 is 0. The third-order valence-electron chi connectivity index (χ3n) is 16.1. The molecule has 15 nitrogen and oxygen atoms in total. The molecule has 15 heteroatoms. The Morgan fingerprint density at radius 3 is 2.03 bits per heavy atom. The molecule has 9 atom stereocenters. The number of hydrogen-bond donors (Lipinski definition) is 1. The maximum atomic E-state index is 14.8. The smallest absolute Gasteiger partial charge is 0.253 e. The Morgan fingerprint density at radius 2 is 1.42 bits per heavy atom. The number of amides is 5.